The van der Waals surface area contributed by atoms with E-state index in [-0.39, 0.29) is 29.2 Å². The number of carbonyl (C=O) groups is 2. The van der Waals surface area contributed by atoms with Crippen molar-refractivity contribution in [1.29, 1.82) is 0 Å². The zero-order valence-corrected chi connectivity index (χ0v) is 16.5. The summed E-state index contributed by atoms with van der Waals surface area (Å²) in [6.45, 7) is 0.639. The van der Waals surface area contributed by atoms with Crippen molar-refractivity contribution in [3.63, 3.8) is 0 Å². The molecule has 3 aliphatic rings. The molecule has 0 aromatic heterocycles. The SMILES string of the molecule is O=C(NCC1(c2ccc(Cl)cc2)CC1)[C@H]1CSCN1C(=O)C1CCCC1. The van der Waals surface area contributed by atoms with E-state index in [0.29, 0.717) is 18.2 Å². The summed E-state index contributed by atoms with van der Waals surface area (Å²) in [5.41, 5.74) is 1.29. The Kier molecular flexibility index (Phi) is 5.20. The molecule has 0 spiro atoms. The highest BCUT2D eigenvalue weighted by Gasteiger charge is 2.45. The van der Waals surface area contributed by atoms with Gasteiger partial charge >= 0.3 is 0 Å². The van der Waals surface area contributed by atoms with Gasteiger partial charge in [0.1, 0.15) is 6.04 Å². The smallest absolute Gasteiger partial charge is 0.243 e. The zero-order valence-electron chi connectivity index (χ0n) is 14.9. The highest BCUT2D eigenvalue weighted by atomic mass is 35.5. The van der Waals surface area contributed by atoms with Gasteiger partial charge in [-0.25, -0.2) is 0 Å². The van der Waals surface area contributed by atoms with Crippen LogP contribution in [0.15, 0.2) is 24.3 Å². The minimum Gasteiger partial charge on any atom is -0.353 e. The average Bonchev–Trinajstić information content (AvgIpc) is 3.05. The van der Waals surface area contributed by atoms with Crippen molar-refractivity contribution < 1.29 is 9.59 Å². The van der Waals surface area contributed by atoms with Gasteiger partial charge < -0.3 is 10.2 Å². The van der Waals surface area contributed by atoms with Gasteiger partial charge in [0.15, 0.2) is 0 Å². The fourth-order valence-electron chi connectivity index (χ4n) is 4.18. The maximum absolute atomic E-state index is 12.8. The predicted molar refractivity (Wildman–Crippen MR) is 105 cm³/mol. The molecule has 1 N–H and O–H groups in total. The number of thioether (sulfide) groups is 1. The lowest BCUT2D eigenvalue weighted by atomic mass is 9.96. The van der Waals surface area contributed by atoms with Crippen LogP contribution in [0.3, 0.4) is 0 Å². The summed E-state index contributed by atoms with van der Waals surface area (Å²) in [5, 5.41) is 3.87. The monoisotopic (exact) mass is 392 g/mol. The van der Waals surface area contributed by atoms with Gasteiger partial charge in [0.25, 0.3) is 0 Å². The summed E-state index contributed by atoms with van der Waals surface area (Å²) in [4.78, 5) is 27.4. The number of halogens is 1. The van der Waals surface area contributed by atoms with Crippen LogP contribution in [0.25, 0.3) is 0 Å². The van der Waals surface area contributed by atoms with Crippen molar-refractivity contribution in [2.45, 2.75) is 50.0 Å². The van der Waals surface area contributed by atoms with Gasteiger partial charge in [-0.1, -0.05) is 36.6 Å². The number of hydrogen-bond donors (Lipinski definition) is 1. The van der Waals surface area contributed by atoms with Crippen LogP contribution >= 0.6 is 23.4 Å². The third-order valence-corrected chi connectivity index (χ3v) is 7.35. The van der Waals surface area contributed by atoms with E-state index in [2.05, 4.69) is 17.4 Å². The second-order valence-corrected chi connectivity index (χ2v) is 9.25. The molecule has 4 rings (SSSR count). The molecule has 1 aromatic rings. The minimum absolute atomic E-state index is 0.00147. The molecule has 1 heterocycles. The third-order valence-electron chi connectivity index (χ3n) is 6.08. The van der Waals surface area contributed by atoms with Gasteiger partial charge in [-0.3, -0.25) is 9.59 Å². The summed E-state index contributed by atoms with van der Waals surface area (Å²) < 4.78 is 0. The summed E-state index contributed by atoms with van der Waals surface area (Å²) >= 11 is 7.67. The molecule has 2 saturated carbocycles. The van der Waals surface area contributed by atoms with Crippen LogP contribution in [-0.2, 0) is 15.0 Å². The number of amides is 2. The van der Waals surface area contributed by atoms with E-state index in [1.165, 1.54) is 5.56 Å². The number of carbonyl (C=O) groups excluding carboxylic acids is 2. The van der Waals surface area contributed by atoms with E-state index in [1.54, 1.807) is 11.8 Å². The molecule has 0 radical (unpaired) electrons. The lowest BCUT2D eigenvalue weighted by molar-refractivity contribution is -0.141. The van der Waals surface area contributed by atoms with E-state index in [9.17, 15) is 9.59 Å². The number of nitrogens with zero attached hydrogens (tertiary/aromatic N) is 1. The van der Waals surface area contributed by atoms with Gasteiger partial charge in [0, 0.05) is 28.7 Å². The molecule has 140 valence electrons. The molecule has 1 saturated heterocycles. The van der Waals surface area contributed by atoms with E-state index in [0.717, 1.165) is 43.5 Å². The standard InChI is InChI=1S/C20H25ClN2O2S/c21-16-7-5-15(6-8-16)20(9-10-20)12-22-18(24)17-11-26-13-23(17)19(25)14-3-1-2-4-14/h5-8,14,17H,1-4,9-13H2,(H,22,24)/t17-/m1/s1. The maximum atomic E-state index is 12.8. The lowest BCUT2D eigenvalue weighted by Gasteiger charge is -2.26. The lowest BCUT2D eigenvalue weighted by Crippen LogP contribution is -2.50. The zero-order chi connectivity index (χ0) is 18.1. The Morgan fingerprint density at radius 1 is 1.19 bits per heavy atom. The number of hydrogen-bond acceptors (Lipinski definition) is 3. The van der Waals surface area contributed by atoms with Crippen LogP contribution < -0.4 is 5.32 Å². The van der Waals surface area contributed by atoms with Gasteiger partial charge in [-0.15, -0.1) is 11.8 Å². The van der Waals surface area contributed by atoms with Crippen molar-refractivity contribution in [1.82, 2.24) is 10.2 Å². The summed E-state index contributed by atoms with van der Waals surface area (Å²) in [6.07, 6.45) is 6.40. The normalized spacial score (nSPS) is 24.7. The van der Waals surface area contributed by atoms with Gasteiger partial charge in [-0.05, 0) is 43.4 Å². The Labute approximate surface area is 164 Å². The van der Waals surface area contributed by atoms with Crippen LogP contribution in [0.5, 0.6) is 0 Å². The highest BCUT2D eigenvalue weighted by molar-refractivity contribution is 7.99. The van der Waals surface area contributed by atoms with Crippen molar-refractivity contribution in [3.05, 3.63) is 34.9 Å². The number of nitrogens with one attached hydrogen (secondary N) is 1. The van der Waals surface area contributed by atoms with E-state index in [4.69, 9.17) is 11.6 Å². The Morgan fingerprint density at radius 3 is 2.54 bits per heavy atom. The summed E-state index contributed by atoms with van der Waals surface area (Å²) in [6, 6.07) is 7.63. The second-order valence-electron chi connectivity index (χ2n) is 7.81. The molecule has 1 aromatic carbocycles. The van der Waals surface area contributed by atoms with Crippen LogP contribution in [0, 0.1) is 5.92 Å². The first-order valence-electron chi connectivity index (χ1n) is 9.51. The number of rotatable bonds is 5. The molecule has 0 unspecified atom stereocenters. The molecule has 1 atom stereocenters. The Bertz CT molecular complexity index is 684. The Hall–Kier alpha value is -1.20. The minimum atomic E-state index is -0.311. The van der Waals surface area contributed by atoms with Crippen molar-refractivity contribution in [2.24, 2.45) is 5.92 Å². The van der Waals surface area contributed by atoms with E-state index >= 15 is 0 Å². The summed E-state index contributed by atoms with van der Waals surface area (Å²) in [7, 11) is 0. The fourth-order valence-corrected chi connectivity index (χ4v) is 5.47. The highest BCUT2D eigenvalue weighted by Crippen LogP contribution is 2.47. The first kappa shape index (κ1) is 18.2. The molecular weight excluding hydrogens is 368 g/mol. The Morgan fingerprint density at radius 2 is 1.88 bits per heavy atom. The topological polar surface area (TPSA) is 49.4 Å². The largest absolute Gasteiger partial charge is 0.353 e. The first-order valence-corrected chi connectivity index (χ1v) is 11.0. The quantitative estimate of drug-likeness (QED) is 0.833. The Balaban J connectivity index is 1.37. The molecule has 2 amide bonds. The fraction of sp³-hybridized carbons (Fsp3) is 0.600. The van der Waals surface area contributed by atoms with Gasteiger partial charge in [0.2, 0.25) is 11.8 Å². The molecule has 2 aliphatic carbocycles. The average molecular weight is 393 g/mol. The van der Waals surface area contributed by atoms with E-state index < -0.39 is 0 Å². The van der Waals surface area contributed by atoms with Gasteiger partial charge in [-0.2, -0.15) is 0 Å². The molecular formula is C20H25ClN2O2S. The third kappa shape index (κ3) is 3.61. The predicted octanol–water partition coefficient (Wildman–Crippen LogP) is 3.58. The molecule has 4 nitrogen and oxygen atoms in total. The second kappa shape index (κ2) is 7.43. The van der Waals surface area contributed by atoms with E-state index in [1.807, 2.05) is 17.0 Å². The molecule has 3 fully saturated rings. The molecule has 6 heteroatoms. The van der Waals surface area contributed by atoms with Gasteiger partial charge in [0.05, 0.1) is 5.88 Å². The molecule has 0 bridgehead atoms. The van der Waals surface area contributed by atoms with Crippen molar-refractivity contribution in [2.75, 3.05) is 18.2 Å². The van der Waals surface area contributed by atoms with Crippen molar-refractivity contribution >= 4 is 35.2 Å². The van der Waals surface area contributed by atoms with Crippen molar-refractivity contribution in [3.8, 4) is 0 Å². The maximum Gasteiger partial charge on any atom is 0.243 e. The first-order chi connectivity index (χ1) is 12.6. The van der Waals surface area contributed by atoms with Crippen LogP contribution in [0.1, 0.15) is 44.1 Å². The molecule has 1 aliphatic heterocycles. The number of benzene rings is 1. The van der Waals surface area contributed by atoms with Crippen LogP contribution in [0.4, 0.5) is 0 Å². The van der Waals surface area contributed by atoms with Crippen LogP contribution in [-0.4, -0.2) is 40.9 Å². The summed E-state index contributed by atoms with van der Waals surface area (Å²) in [5.74, 6) is 1.68. The van der Waals surface area contributed by atoms with Crippen LogP contribution in [0.2, 0.25) is 5.02 Å². The molecule has 26 heavy (non-hydrogen) atoms.